The standard InChI is InChI=1S/C21H12N4.C10H10N2O.CH4/c1-2-14-10-16-5-6-18-12-20-8-7-19-11-17-4-3-15-9-13(1)22(14)21(23(15)17,24(16)18)25(19)20;13-7-10-4-3-9(12-10)6-8-2-1-5-11-8;/h1-12H;1-5,7,11-12H,6H2;1H4/q+2;;. The fourth-order valence-corrected chi connectivity index (χ4v) is 6.68. The second-order valence-electron chi connectivity index (χ2n) is 10.2. The van der Waals surface area contributed by atoms with Crippen LogP contribution in [0.2, 0.25) is 0 Å². The predicted molar refractivity (Wildman–Crippen MR) is 151 cm³/mol. The molecule has 0 radical (unpaired) electrons. The first-order valence-corrected chi connectivity index (χ1v) is 12.8. The Hall–Kier alpha value is -5.17. The molecule has 7 nitrogen and oxygen atoms in total. The maximum Gasteiger partial charge on any atom is 0.553 e. The van der Waals surface area contributed by atoms with Crippen molar-refractivity contribution in [3.8, 4) is 0 Å². The fourth-order valence-electron chi connectivity index (χ4n) is 6.68. The SMILES string of the molecule is C.C1=CC2=[N+]3C1=Cc1ccc4n1C31n3c(ccc3=C4)=CC3=[N+]1C(=C2)C=C3.O=Cc1ccc(Cc2ccc[nH]2)[nH]1. The molecule has 4 aromatic rings. The van der Waals surface area contributed by atoms with Gasteiger partial charge in [-0.1, -0.05) is 16.6 Å². The van der Waals surface area contributed by atoms with Gasteiger partial charge in [-0.25, -0.2) is 0 Å². The number of nitrogens with one attached hydrogen (secondary N) is 2. The lowest BCUT2D eigenvalue weighted by atomic mass is 10.1. The van der Waals surface area contributed by atoms with Crippen LogP contribution in [0, 0.1) is 0 Å². The Morgan fingerprint density at radius 1 is 0.744 bits per heavy atom. The van der Waals surface area contributed by atoms with E-state index in [9.17, 15) is 4.79 Å². The summed E-state index contributed by atoms with van der Waals surface area (Å²) in [5.74, 6) is -0.433. The summed E-state index contributed by atoms with van der Waals surface area (Å²) in [5, 5.41) is 2.51. The Kier molecular flexibility index (Phi) is 4.18. The molecule has 6 aliphatic heterocycles. The van der Waals surface area contributed by atoms with E-state index in [1.165, 1.54) is 44.9 Å². The maximum atomic E-state index is 10.4. The average molecular weight is 511 g/mol. The second kappa shape index (κ2) is 7.45. The van der Waals surface area contributed by atoms with E-state index >= 15 is 0 Å². The van der Waals surface area contributed by atoms with E-state index in [4.69, 9.17) is 0 Å². The molecule has 4 aromatic heterocycles. The van der Waals surface area contributed by atoms with Gasteiger partial charge in [-0.15, -0.1) is 0 Å². The van der Waals surface area contributed by atoms with E-state index < -0.39 is 5.91 Å². The summed E-state index contributed by atoms with van der Waals surface area (Å²) in [6, 6.07) is 16.6. The van der Waals surface area contributed by atoms with Crippen molar-refractivity contribution < 1.29 is 13.9 Å². The van der Waals surface area contributed by atoms with Crippen LogP contribution in [0.4, 0.5) is 0 Å². The Labute approximate surface area is 224 Å². The molecule has 188 valence electrons. The van der Waals surface area contributed by atoms with Crippen molar-refractivity contribution in [2.75, 3.05) is 0 Å². The fraction of sp³-hybridized carbons (Fsp3) is 0.0938. The summed E-state index contributed by atoms with van der Waals surface area (Å²) in [5.41, 5.74) is 10.3. The monoisotopic (exact) mass is 510 g/mol. The number of aldehydes is 1. The Bertz CT molecular complexity index is 2060. The van der Waals surface area contributed by atoms with Crippen molar-refractivity contribution in [2.24, 2.45) is 0 Å². The number of aromatic nitrogens is 4. The largest absolute Gasteiger partial charge is 0.553 e. The molecule has 0 aromatic carbocycles. The molecule has 0 bridgehead atoms. The first-order valence-electron chi connectivity index (χ1n) is 12.8. The van der Waals surface area contributed by atoms with E-state index in [-0.39, 0.29) is 7.43 Å². The van der Waals surface area contributed by atoms with Gasteiger partial charge in [0, 0.05) is 60.5 Å². The third-order valence-corrected chi connectivity index (χ3v) is 8.09. The highest BCUT2D eigenvalue weighted by molar-refractivity contribution is 6.16. The van der Waals surface area contributed by atoms with Crippen LogP contribution in [0.5, 0.6) is 0 Å². The molecule has 0 saturated carbocycles. The van der Waals surface area contributed by atoms with Crippen LogP contribution >= 0.6 is 0 Å². The van der Waals surface area contributed by atoms with Gasteiger partial charge in [-0.05, 0) is 54.6 Å². The molecule has 2 N–H and O–H groups in total. The number of nitrogens with zero attached hydrogens (tertiary/aromatic N) is 4. The number of H-pyrrole nitrogens is 2. The minimum atomic E-state index is -0.433. The van der Waals surface area contributed by atoms with E-state index in [1.807, 2.05) is 24.4 Å². The average Bonchev–Trinajstić information content (AvgIpc) is 3.76. The highest BCUT2D eigenvalue weighted by Gasteiger charge is 2.69. The summed E-state index contributed by atoms with van der Waals surface area (Å²) in [4.78, 5) is 16.5. The number of allylic oxidation sites excluding steroid dienone is 5. The summed E-state index contributed by atoms with van der Waals surface area (Å²) in [6.45, 7) is 0. The van der Waals surface area contributed by atoms with Gasteiger partial charge in [0.1, 0.15) is 0 Å². The second-order valence-corrected chi connectivity index (χ2v) is 10.2. The highest BCUT2D eigenvalue weighted by Crippen LogP contribution is 2.43. The van der Waals surface area contributed by atoms with Crippen LogP contribution < -0.4 is 10.7 Å². The molecule has 7 heteroatoms. The Balaban J connectivity index is 0.000000144. The first-order chi connectivity index (χ1) is 18.7. The molecule has 0 fully saturated rings. The zero-order valence-corrected chi connectivity index (χ0v) is 20.3. The minimum Gasteiger partial charge on any atom is -0.365 e. The van der Waals surface area contributed by atoms with Crippen molar-refractivity contribution >= 4 is 35.9 Å². The van der Waals surface area contributed by atoms with Gasteiger partial charge in [0.2, 0.25) is 22.8 Å². The maximum absolute atomic E-state index is 10.4. The van der Waals surface area contributed by atoms with Gasteiger partial charge in [-0.2, -0.15) is 9.13 Å². The van der Waals surface area contributed by atoms with E-state index in [0.29, 0.717) is 5.69 Å². The van der Waals surface area contributed by atoms with Gasteiger partial charge in [-0.3, -0.25) is 4.79 Å². The molecular formula is C32H26N6O+2. The number of aromatic amines is 2. The van der Waals surface area contributed by atoms with Crippen molar-refractivity contribution in [1.82, 2.24) is 19.1 Å². The normalized spacial score (nSPS) is 20.7. The lowest BCUT2D eigenvalue weighted by molar-refractivity contribution is -0.836. The van der Waals surface area contributed by atoms with Crippen LogP contribution in [0.3, 0.4) is 0 Å². The van der Waals surface area contributed by atoms with E-state index in [1.54, 1.807) is 6.07 Å². The molecule has 1 atom stereocenters. The molecule has 0 aliphatic carbocycles. The Morgan fingerprint density at radius 3 is 2.18 bits per heavy atom. The lowest BCUT2D eigenvalue weighted by Gasteiger charge is -2.37. The van der Waals surface area contributed by atoms with Crippen molar-refractivity contribution in [3.63, 3.8) is 0 Å². The molecule has 1 unspecified atom stereocenters. The van der Waals surface area contributed by atoms with Crippen LogP contribution in [0.1, 0.15) is 40.7 Å². The molecular weight excluding hydrogens is 484 g/mol. The van der Waals surface area contributed by atoms with Crippen molar-refractivity contribution in [2.45, 2.75) is 19.8 Å². The summed E-state index contributed by atoms with van der Waals surface area (Å²) in [7, 11) is 0. The number of carbonyl (C=O) groups excluding carboxylic acids is 1. The molecule has 1 spiro atoms. The number of hydrogen-bond donors (Lipinski definition) is 2. The zero-order valence-electron chi connectivity index (χ0n) is 20.3. The molecule has 39 heavy (non-hydrogen) atoms. The summed E-state index contributed by atoms with van der Waals surface area (Å²) in [6.07, 6.45) is 21.6. The van der Waals surface area contributed by atoms with E-state index in [0.717, 1.165) is 24.1 Å². The molecule has 10 heterocycles. The van der Waals surface area contributed by atoms with Crippen LogP contribution in [-0.4, -0.2) is 46.0 Å². The van der Waals surface area contributed by atoms with Crippen molar-refractivity contribution in [3.05, 3.63) is 136 Å². The Morgan fingerprint density at radius 2 is 1.46 bits per heavy atom. The zero-order chi connectivity index (χ0) is 25.0. The van der Waals surface area contributed by atoms with Crippen LogP contribution in [0.25, 0.3) is 18.2 Å². The van der Waals surface area contributed by atoms with E-state index in [2.05, 4.69) is 101 Å². The third kappa shape index (κ3) is 2.63. The highest BCUT2D eigenvalue weighted by atomic mass is 16.1. The van der Waals surface area contributed by atoms with Gasteiger partial charge >= 0.3 is 5.91 Å². The summed E-state index contributed by atoms with van der Waals surface area (Å²) >= 11 is 0. The number of carbonyl (C=O) groups is 1. The smallest absolute Gasteiger partial charge is 0.365 e. The third-order valence-electron chi connectivity index (χ3n) is 8.09. The quantitative estimate of drug-likeness (QED) is 0.323. The van der Waals surface area contributed by atoms with Gasteiger partial charge in [0.15, 0.2) is 6.29 Å². The number of hydrogen-bond acceptors (Lipinski definition) is 1. The molecule has 6 aliphatic rings. The molecule has 10 rings (SSSR count). The van der Waals surface area contributed by atoms with Crippen LogP contribution in [-0.2, 0) is 12.3 Å². The van der Waals surface area contributed by atoms with Gasteiger partial charge < -0.3 is 9.97 Å². The predicted octanol–water partition coefficient (Wildman–Crippen LogP) is 3.02. The summed E-state index contributed by atoms with van der Waals surface area (Å²) < 4.78 is 9.92. The first kappa shape index (κ1) is 21.9. The molecule has 0 saturated heterocycles. The van der Waals surface area contributed by atoms with Gasteiger partial charge in [0.05, 0.1) is 33.9 Å². The number of rotatable bonds is 3. The van der Waals surface area contributed by atoms with Gasteiger partial charge in [0.25, 0.3) is 0 Å². The minimum absolute atomic E-state index is 0. The lowest BCUT2D eigenvalue weighted by Crippen LogP contribution is -2.69. The van der Waals surface area contributed by atoms with Crippen molar-refractivity contribution in [1.29, 1.82) is 0 Å². The topological polar surface area (TPSA) is 64.5 Å². The van der Waals surface area contributed by atoms with Crippen LogP contribution in [0.15, 0.2) is 96.5 Å². The molecule has 0 amide bonds.